The molecule has 3 aromatic rings. The van der Waals surface area contributed by atoms with E-state index in [9.17, 15) is 5.11 Å². The van der Waals surface area contributed by atoms with E-state index in [1.807, 2.05) is 4.57 Å². The van der Waals surface area contributed by atoms with E-state index in [2.05, 4.69) is 38.6 Å². The SMILES string of the molecule is CC1CC(Cn2cnc3c(F)c(Nc4ccc(Br)cc4Cl)c(C(O)NOCCO)cc32)C1. The molecule has 1 aromatic heterocycles. The number of benzene rings is 2. The maximum atomic E-state index is 15.7. The molecule has 4 rings (SSSR count). The standard InChI is InChI=1S/C22H25BrClFN4O3/c1-12-6-13(7-12)10-29-11-26-21-18(29)9-15(22(31)28-32-5-4-30)20(19(21)25)27-17-3-2-14(23)8-16(17)24/h2-3,8-9,11-13,22,27-28,30-31H,4-7,10H2,1H3. The van der Waals surface area contributed by atoms with Gasteiger partial charge in [-0.05, 0) is 48.9 Å². The number of rotatable bonds is 9. The first-order chi connectivity index (χ1) is 15.4. The predicted octanol–water partition coefficient (Wildman–Crippen LogP) is 4.89. The summed E-state index contributed by atoms with van der Waals surface area (Å²) in [5.74, 6) is 0.646. The van der Waals surface area contributed by atoms with E-state index < -0.39 is 12.0 Å². The lowest BCUT2D eigenvalue weighted by Crippen LogP contribution is -2.25. The number of hydroxylamine groups is 1. The normalized spacial score (nSPS) is 19.2. The number of aliphatic hydroxyl groups excluding tert-OH is 2. The highest BCUT2D eigenvalue weighted by atomic mass is 79.9. The topological polar surface area (TPSA) is 91.6 Å². The van der Waals surface area contributed by atoms with Gasteiger partial charge in [0, 0.05) is 16.6 Å². The van der Waals surface area contributed by atoms with Crippen LogP contribution in [0.3, 0.4) is 0 Å². The molecular weight excluding hydrogens is 503 g/mol. The highest BCUT2D eigenvalue weighted by Gasteiger charge is 2.27. The molecule has 0 bridgehead atoms. The van der Waals surface area contributed by atoms with E-state index in [4.69, 9.17) is 21.5 Å². The third-order valence-corrected chi connectivity index (χ3v) is 6.49. The Bertz CT molecular complexity index is 1110. The number of hydrogen-bond donors (Lipinski definition) is 4. The number of nitrogens with zero attached hydrogens (tertiary/aromatic N) is 2. The summed E-state index contributed by atoms with van der Waals surface area (Å²) in [6, 6.07) is 6.87. The van der Waals surface area contributed by atoms with E-state index in [-0.39, 0.29) is 30.0 Å². The van der Waals surface area contributed by atoms with Crippen LogP contribution >= 0.6 is 27.5 Å². The number of halogens is 3. The molecule has 0 amide bonds. The zero-order valence-corrected chi connectivity index (χ0v) is 19.8. The molecule has 1 saturated carbocycles. The molecule has 1 aliphatic carbocycles. The summed E-state index contributed by atoms with van der Waals surface area (Å²) in [5, 5.41) is 23.0. The second kappa shape index (κ2) is 10.0. The van der Waals surface area contributed by atoms with Crippen molar-refractivity contribution in [1.82, 2.24) is 15.0 Å². The quantitative estimate of drug-likeness (QED) is 0.180. The fraction of sp³-hybridized carbons (Fsp3) is 0.409. The number of fused-ring (bicyclic) bond motifs is 1. The highest BCUT2D eigenvalue weighted by Crippen LogP contribution is 2.38. The molecule has 4 N–H and O–H groups in total. The van der Waals surface area contributed by atoms with Gasteiger partial charge in [-0.15, -0.1) is 0 Å². The third kappa shape index (κ3) is 4.93. The maximum Gasteiger partial charge on any atom is 0.174 e. The Balaban J connectivity index is 1.74. The van der Waals surface area contributed by atoms with Crippen LogP contribution < -0.4 is 10.8 Å². The van der Waals surface area contributed by atoms with Crippen molar-refractivity contribution in [2.45, 2.75) is 32.5 Å². The summed E-state index contributed by atoms with van der Waals surface area (Å²) in [4.78, 5) is 9.36. The predicted molar refractivity (Wildman–Crippen MR) is 125 cm³/mol. The van der Waals surface area contributed by atoms with Crippen molar-refractivity contribution in [1.29, 1.82) is 0 Å². The molecule has 2 aromatic carbocycles. The van der Waals surface area contributed by atoms with E-state index in [0.717, 1.165) is 23.9 Å². The summed E-state index contributed by atoms with van der Waals surface area (Å²) in [6.07, 6.45) is 2.55. The molecule has 0 radical (unpaired) electrons. The molecule has 1 unspecified atom stereocenters. The third-order valence-electron chi connectivity index (χ3n) is 5.69. The lowest BCUT2D eigenvalue weighted by molar-refractivity contribution is -0.0674. The molecule has 1 aliphatic rings. The molecule has 1 fully saturated rings. The van der Waals surface area contributed by atoms with Crippen LogP contribution in [0.5, 0.6) is 0 Å². The van der Waals surface area contributed by atoms with Gasteiger partial charge in [0.05, 0.1) is 41.5 Å². The van der Waals surface area contributed by atoms with Crippen LogP contribution in [-0.4, -0.2) is 33.0 Å². The van der Waals surface area contributed by atoms with Crippen molar-refractivity contribution < 1.29 is 19.4 Å². The Morgan fingerprint density at radius 2 is 2.16 bits per heavy atom. The van der Waals surface area contributed by atoms with Gasteiger partial charge in [0.15, 0.2) is 12.0 Å². The summed E-state index contributed by atoms with van der Waals surface area (Å²) in [7, 11) is 0. The Kier molecular flexibility index (Phi) is 7.34. The van der Waals surface area contributed by atoms with Gasteiger partial charge in [0.2, 0.25) is 0 Å². The minimum atomic E-state index is -1.36. The van der Waals surface area contributed by atoms with Crippen LogP contribution in [0.2, 0.25) is 5.02 Å². The average molecular weight is 528 g/mol. The van der Waals surface area contributed by atoms with Gasteiger partial charge in [-0.25, -0.2) is 9.37 Å². The molecule has 1 atom stereocenters. The number of hydrogen-bond acceptors (Lipinski definition) is 6. The van der Waals surface area contributed by atoms with Crippen molar-refractivity contribution in [2.75, 3.05) is 18.5 Å². The lowest BCUT2D eigenvalue weighted by Gasteiger charge is -2.33. The van der Waals surface area contributed by atoms with Crippen molar-refractivity contribution >= 4 is 49.9 Å². The molecule has 7 nitrogen and oxygen atoms in total. The van der Waals surface area contributed by atoms with Crippen LogP contribution in [0.1, 0.15) is 31.6 Å². The summed E-state index contributed by atoms with van der Waals surface area (Å²) in [5.41, 5.74) is 3.98. The molecule has 10 heteroatoms. The molecule has 32 heavy (non-hydrogen) atoms. The molecule has 0 aliphatic heterocycles. The highest BCUT2D eigenvalue weighted by molar-refractivity contribution is 9.10. The summed E-state index contributed by atoms with van der Waals surface area (Å²) >= 11 is 9.67. The molecule has 1 heterocycles. The minimum absolute atomic E-state index is 0.0269. The smallest absolute Gasteiger partial charge is 0.174 e. The number of anilines is 2. The van der Waals surface area contributed by atoms with Crippen molar-refractivity contribution in [3.63, 3.8) is 0 Å². The van der Waals surface area contributed by atoms with Crippen LogP contribution in [-0.2, 0) is 11.4 Å². The van der Waals surface area contributed by atoms with Crippen LogP contribution in [0, 0.1) is 17.7 Å². The Morgan fingerprint density at radius 1 is 1.38 bits per heavy atom. The number of aromatic nitrogens is 2. The van der Waals surface area contributed by atoms with Gasteiger partial charge in [-0.1, -0.05) is 34.5 Å². The molecule has 0 saturated heterocycles. The number of aliphatic hydroxyl groups is 2. The first kappa shape index (κ1) is 23.4. The Labute approximate surface area is 198 Å². The minimum Gasteiger partial charge on any atom is -0.394 e. The van der Waals surface area contributed by atoms with Crippen LogP contribution in [0.4, 0.5) is 15.8 Å². The maximum absolute atomic E-state index is 15.7. The van der Waals surface area contributed by atoms with E-state index >= 15 is 4.39 Å². The fourth-order valence-corrected chi connectivity index (χ4v) is 4.85. The first-order valence-corrected chi connectivity index (χ1v) is 11.6. The Hall–Kier alpha value is -1.75. The number of imidazole rings is 1. The van der Waals surface area contributed by atoms with Crippen molar-refractivity contribution in [2.24, 2.45) is 11.8 Å². The molecule has 172 valence electrons. The molecular formula is C22H25BrClFN4O3. The largest absolute Gasteiger partial charge is 0.394 e. The Morgan fingerprint density at radius 3 is 2.84 bits per heavy atom. The zero-order chi connectivity index (χ0) is 22.8. The van der Waals surface area contributed by atoms with Gasteiger partial charge >= 0.3 is 0 Å². The van der Waals surface area contributed by atoms with Crippen LogP contribution in [0.15, 0.2) is 35.1 Å². The average Bonchev–Trinajstić information content (AvgIpc) is 3.13. The second-order valence-corrected chi connectivity index (χ2v) is 9.53. The van der Waals surface area contributed by atoms with Gasteiger partial charge in [-0.3, -0.25) is 4.84 Å². The van der Waals surface area contributed by atoms with Crippen molar-refractivity contribution in [3.8, 4) is 0 Å². The zero-order valence-electron chi connectivity index (χ0n) is 17.5. The van der Waals surface area contributed by atoms with Gasteiger partial charge in [-0.2, -0.15) is 5.48 Å². The van der Waals surface area contributed by atoms with Gasteiger partial charge in [0.25, 0.3) is 0 Å². The number of nitrogens with one attached hydrogen (secondary N) is 2. The van der Waals surface area contributed by atoms with E-state index in [0.29, 0.717) is 28.1 Å². The van der Waals surface area contributed by atoms with E-state index in [1.54, 1.807) is 30.6 Å². The van der Waals surface area contributed by atoms with Crippen LogP contribution in [0.25, 0.3) is 11.0 Å². The van der Waals surface area contributed by atoms with Crippen molar-refractivity contribution in [3.05, 3.63) is 51.5 Å². The van der Waals surface area contributed by atoms with E-state index in [1.165, 1.54) is 0 Å². The fourth-order valence-electron chi connectivity index (χ4n) is 4.13. The monoisotopic (exact) mass is 526 g/mol. The second-order valence-electron chi connectivity index (χ2n) is 8.20. The first-order valence-electron chi connectivity index (χ1n) is 10.4. The molecule has 0 spiro atoms. The van der Waals surface area contributed by atoms with Gasteiger partial charge in [0.1, 0.15) is 5.52 Å². The van der Waals surface area contributed by atoms with Gasteiger partial charge < -0.3 is 20.1 Å². The lowest BCUT2D eigenvalue weighted by atomic mass is 9.76. The summed E-state index contributed by atoms with van der Waals surface area (Å²) < 4.78 is 18.4. The summed E-state index contributed by atoms with van der Waals surface area (Å²) in [6.45, 7) is 2.72.